The van der Waals surface area contributed by atoms with Gasteiger partial charge in [0.15, 0.2) is 5.82 Å². The first-order chi connectivity index (χ1) is 12.1. The van der Waals surface area contributed by atoms with E-state index >= 15 is 0 Å². The summed E-state index contributed by atoms with van der Waals surface area (Å²) in [6.45, 7) is 4.59. The van der Waals surface area contributed by atoms with Gasteiger partial charge < -0.3 is 9.47 Å². The average Bonchev–Trinajstić information content (AvgIpc) is 3.09. The van der Waals surface area contributed by atoms with Crippen molar-refractivity contribution >= 4 is 10.0 Å². The normalized spacial score (nSPS) is 16.0. The molecule has 1 aromatic carbocycles. The summed E-state index contributed by atoms with van der Waals surface area (Å²) in [5.41, 5.74) is 0. The van der Waals surface area contributed by atoms with E-state index < -0.39 is 10.0 Å². The maximum absolute atomic E-state index is 12.6. The van der Waals surface area contributed by atoms with Crippen LogP contribution in [-0.4, -0.2) is 59.2 Å². The standard InChI is InChI=1S/C15H21N5O4S/c1-2-7-20-15(16-17-18-20)12-24-13-3-5-14(6-4-13)25(21,22)19-8-10-23-11-9-19/h3-6H,2,7-12H2,1H3. The summed E-state index contributed by atoms with van der Waals surface area (Å²) in [6, 6.07) is 6.38. The van der Waals surface area contributed by atoms with E-state index in [1.54, 1.807) is 28.9 Å². The van der Waals surface area contributed by atoms with Gasteiger partial charge in [0, 0.05) is 19.6 Å². The van der Waals surface area contributed by atoms with E-state index in [4.69, 9.17) is 9.47 Å². The minimum Gasteiger partial charge on any atom is -0.486 e. The molecule has 1 saturated heterocycles. The molecule has 2 heterocycles. The molecule has 0 unspecified atom stereocenters. The number of aromatic nitrogens is 4. The van der Waals surface area contributed by atoms with Crippen molar-refractivity contribution in [3.63, 3.8) is 0 Å². The molecule has 2 aromatic rings. The quantitative estimate of drug-likeness (QED) is 0.709. The minimum absolute atomic E-state index is 0.225. The topological polar surface area (TPSA) is 99.4 Å². The Hall–Kier alpha value is -2.04. The summed E-state index contributed by atoms with van der Waals surface area (Å²) >= 11 is 0. The summed E-state index contributed by atoms with van der Waals surface area (Å²) in [5, 5.41) is 11.5. The number of aryl methyl sites for hydroxylation is 1. The Bertz CT molecular complexity index is 785. The molecule has 25 heavy (non-hydrogen) atoms. The number of tetrazole rings is 1. The van der Waals surface area contributed by atoms with E-state index in [1.807, 2.05) is 6.92 Å². The van der Waals surface area contributed by atoms with Gasteiger partial charge in [0.1, 0.15) is 12.4 Å². The van der Waals surface area contributed by atoms with Crippen molar-refractivity contribution in [2.75, 3.05) is 26.3 Å². The highest BCUT2D eigenvalue weighted by molar-refractivity contribution is 7.89. The third-order valence-electron chi connectivity index (χ3n) is 3.84. The number of nitrogens with zero attached hydrogens (tertiary/aromatic N) is 5. The largest absolute Gasteiger partial charge is 0.486 e. The van der Waals surface area contributed by atoms with Gasteiger partial charge in [-0.3, -0.25) is 0 Å². The fraction of sp³-hybridized carbons (Fsp3) is 0.533. The van der Waals surface area contributed by atoms with Crippen LogP contribution in [0.1, 0.15) is 19.2 Å². The molecule has 0 amide bonds. The smallest absolute Gasteiger partial charge is 0.243 e. The van der Waals surface area contributed by atoms with Gasteiger partial charge in [0.05, 0.1) is 18.1 Å². The van der Waals surface area contributed by atoms with Gasteiger partial charge in [-0.05, 0) is 41.1 Å². The molecular formula is C15H21N5O4S. The van der Waals surface area contributed by atoms with Crippen molar-refractivity contribution in [3.8, 4) is 5.75 Å². The SMILES string of the molecule is CCCn1nnnc1COc1ccc(S(=O)(=O)N2CCOCC2)cc1. The Morgan fingerprint density at radius 3 is 2.60 bits per heavy atom. The zero-order chi connectivity index (χ0) is 17.7. The molecule has 1 aliphatic rings. The van der Waals surface area contributed by atoms with Crippen molar-refractivity contribution in [1.82, 2.24) is 24.5 Å². The third-order valence-corrected chi connectivity index (χ3v) is 5.75. The molecule has 9 nitrogen and oxygen atoms in total. The first-order valence-corrected chi connectivity index (χ1v) is 9.61. The zero-order valence-corrected chi connectivity index (χ0v) is 14.9. The van der Waals surface area contributed by atoms with E-state index in [9.17, 15) is 8.42 Å². The van der Waals surface area contributed by atoms with E-state index in [1.165, 1.54) is 4.31 Å². The van der Waals surface area contributed by atoms with Crippen LogP contribution in [0.15, 0.2) is 29.2 Å². The van der Waals surface area contributed by atoms with Gasteiger partial charge >= 0.3 is 0 Å². The molecule has 0 spiro atoms. The lowest BCUT2D eigenvalue weighted by Crippen LogP contribution is -2.40. The third kappa shape index (κ3) is 4.14. The summed E-state index contributed by atoms with van der Waals surface area (Å²) in [6.07, 6.45) is 0.923. The van der Waals surface area contributed by atoms with Crippen LogP contribution < -0.4 is 4.74 Å². The Morgan fingerprint density at radius 2 is 1.92 bits per heavy atom. The predicted octanol–water partition coefficient (Wildman–Crippen LogP) is 0.683. The number of morpholine rings is 1. The van der Waals surface area contributed by atoms with Crippen LogP contribution in [0.5, 0.6) is 5.75 Å². The average molecular weight is 367 g/mol. The molecule has 0 bridgehead atoms. The Kier molecular flexibility index (Phi) is 5.61. The molecular weight excluding hydrogens is 346 g/mol. The molecule has 1 aliphatic heterocycles. The number of ether oxygens (including phenoxy) is 2. The summed E-state index contributed by atoms with van der Waals surface area (Å²) < 4.78 is 39.1. The monoisotopic (exact) mass is 367 g/mol. The number of hydrogen-bond acceptors (Lipinski definition) is 7. The second-order valence-electron chi connectivity index (χ2n) is 5.59. The Labute approximate surface area is 146 Å². The van der Waals surface area contributed by atoms with E-state index in [-0.39, 0.29) is 11.5 Å². The second kappa shape index (κ2) is 7.89. The van der Waals surface area contributed by atoms with Gasteiger partial charge in [0.2, 0.25) is 10.0 Å². The maximum atomic E-state index is 12.6. The summed E-state index contributed by atoms with van der Waals surface area (Å²) in [5.74, 6) is 1.19. The van der Waals surface area contributed by atoms with Crippen LogP contribution in [0.4, 0.5) is 0 Å². The fourth-order valence-corrected chi connectivity index (χ4v) is 3.91. The Morgan fingerprint density at radius 1 is 1.20 bits per heavy atom. The molecule has 1 aromatic heterocycles. The fourth-order valence-electron chi connectivity index (χ4n) is 2.50. The van der Waals surface area contributed by atoms with Crippen LogP contribution in [0, 0.1) is 0 Å². The van der Waals surface area contributed by atoms with Crippen molar-refractivity contribution in [1.29, 1.82) is 0 Å². The molecule has 0 atom stereocenters. The molecule has 3 rings (SSSR count). The van der Waals surface area contributed by atoms with Crippen LogP contribution >= 0.6 is 0 Å². The maximum Gasteiger partial charge on any atom is 0.243 e. The second-order valence-corrected chi connectivity index (χ2v) is 7.53. The van der Waals surface area contributed by atoms with Gasteiger partial charge in [-0.15, -0.1) is 5.10 Å². The van der Waals surface area contributed by atoms with Crippen LogP contribution in [-0.2, 0) is 27.9 Å². The number of rotatable bonds is 7. The van der Waals surface area contributed by atoms with Gasteiger partial charge in [-0.1, -0.05) is 6.92 Å². The first kappa shape index (κ1) is 17.8. The molecule has 0 radical (unpaired) electrons. The zero-order valence-electron chi connectivity index (χ0n) is 14.0. The molecule has 10 heteroatoms. The van der Waals surface area contributed by atoms with Gasteiger partial charge in [0.25, 0.3) is 0 Å². The highest BCUT2D eigenvalue weighted by Crippen LogP contribution is 2.21. The van der Waals surface area contributed by atoms with Gasteiger partial charge in [-0.25, -0.2) is 13.1 Å². The van der Waals surface area contributed by atoms with Crippen LogP contribution in [0.2, 0.25) is 0 Å². The first-order valence-electron chi connectivity index (χ1n) is 8.17. The lowest BCUT2D eigenvalue weighted by atomic mass is 10.3. The number of sulfonamides is 1. The van der Waals surface area contributed by atoms with E-state index in [0.717, 1.165) is 13.0 Å². The van der Waals surface area contributed by atoms with Crippen molar-refractivity contribution < 1.29 is 17.9 Å². The van der Waals surface area contributed by atoms with E-state index in [0.29, 0.717) is 37.9 Å². The molecule has 0 N–H and O–H groups in total. The Balaban J connectivity index is 1.64. The highest BCUT2D eigenvalue weighted by atomic mass is 32.2. The molecule has 1 fully saturated rings. The molecule has 136 valence electrons. The number of hydrogen-bond donors (Lipinski definition) is 0. The van der Waals surface area contributed by atoms with Crippen molar-refractivity contribution in [3.05, 3.63) is 30.1 Å². The van der Waals surface area contributed by atoms with Crippen molar-refractivity contribution in [2.45, 2.75) is 31.4 Å². The van der Waals surface area contributed by atoms with Crippen LogP contribution in [0.3, 0.4) is 0 Å². The molecule has 0 saturated carbocycles. The highest BCUT2D eigenvalue weighted by Gasteiger charge is 2.26. The van der Waals surface area contributed by atoms with Crippen molar-refractivity contribution in [2.24, 2.45) is 0 Å². The summed E-state index contributed by atoms with van der Waals surface area (Å²) in [4.78, 5) is 0.248. The summed E-state index contributed by atoms with van der Waals surface area (Å²) in [7, 11) is -3.49. The lowest BCUT2D eigenvalue weighted by molar-refractivity contribution is 0.0730. The predicted molar refractivity (Wildman–Crippen MR) is 88.5 cm³/mol. The minimum atomic E-state index is -3.49. The molecule has 0 aliphatic carbocycles. The van der Waals surface area contributed by atoms with E-state index in [2.05, 4.69) is 15.5 Å². The van der Waals surface area contributed by atoms with Crippen LogP contribution in [0.25, 0.3) is 0 Å². The lowest BCUT2D eigenvalue weighted by Gasteiger charge is -2.26. The number of benzene rings is 1. The van der Waals surface area contributed by atoms with Gasteiger partial charge in [-0.2, -0.15) is 4.31 Å².